The number of aromatic nitrogens is 1. The number of alkyl halides is 2. The lowest BCUT2D eigenvalue weighted by molar-refractivity contribution is -0.119. The molecule has 1 heterocycles. The molecule has 4 nitrogen and oxygen atoms in total. The number of pyridine rings is 1. The van der Waals surface area contributed by atoms with E-state index in [2.05, 4.69) is 10.3 Å². The Bertz CT molecular complexity index is 931. The van der Waals surface area contributed by atoms with Crippen LogP contribution in [0.3, 0.4) is 0 Å². The normalized spacial score (nSPS) is 17.0. The lowest BCUT2D eigenvalue weighted by atomic mass is 9.83. The van der Waals surface area contributed by atoms with E-state index in [0.29, 0.717) is 5.69 Å². The zero-order valence-corrected chi connectivity index (χ0v) is 16.8. The number of carbonyl (C=O) groups excluding carboxylic acids is 1. The molecule has 1 aromatic carbocycles. The van der Waals surface area contributed by atoms with Gasteiger partial charge in [-0.25, -0.2) is 17.6 Å². The van der Waals surface area contributed by atoms with Gasteiger partial charge in [-0.2, -0.15) is 0 Å². The lowest BCUT2D eigenvalue weighted by Crippen LogP contribution is -2.28. The Hall–Kier alpha value is -2.48. The van der Waals surface area contributed by atoms with Gasteiger partial charge in [-0.3, -0.25) is 9.78 Å². The zero-order valence-electron chi connectivity index (χ0n) is 16.8. The number of aliphatic hydroxyl groups is 1. The molecule has 0 spiro atoms. The Morgan fingerprint density at radius 1 is 1.20 bits per heavy atom. The highest BCUT2D eigenvalue weighted by molar-refractivity contribution is 5.97. The molecule has 1 aromatic heterocycles. The summed E-state index contributed by atoms with van der Waals surface area (Å²) in [5, 5.41) is 12.6. The van der Waals surface area contributed by atoms with Crippen LogP contribution in [0.2, 0.25) is 0 Å². The first-order valence-electron chi connectivity index (χ1n) is 9.79. The van der Waals surface area contributed by atoms with Crippen LogP contribution in [0.1, 0.15) is 57.6 Å². The minimum atomic E-state index is -2.74. The molecule has 30 heavy (non-hydrogen) atoms. The topological polar surface area (TPSA) is 62.2 Å². The number of nitrogens with zero attached hydrogens (tertiary/aromatic N) is 1. The molecular weight excluding hydrogens is 400 g/mol. The summed E-state index contributed by atoms with van der Waals surface area (Å²) in [5.74, 6) is -5.00. The zero-order chi connectivity index (χ0) is 22.1. The average Bonchev–Trinajstić information content (AvgIpc) is 2.63. The van der Waals surface area contributed by atoms with Crippen LogP contribution in [-0.2, 0) is 4.79 Å². The molecule has 1 fully saturated rings. The van der Waals surface area contributed by atoms with Crippen LogP contribution >= 0.6 is 0 Å². The summed E-state index contributed by atoms with van der Waals surface area (Å²) in [6, 6.07) is 4.42. The summed E-state index contributed by atoms with van der Waals surface area (Å²) in [4.78, 5) is 16.8. The number of amides is 1. The Labute approximate surface area is 172 Å². The third kappa shape index (κ3) is 5.36. The average molecular weight is 424 g/mol. The van der Waals surface area contributed by atoms with Crippen LogP contribution < -0.4 is 5.32 Å². The maximum atomic E-state index is 14.5. The van der Waals surface area contributed by atoms with E-state index in [1.54, 1.807) is 0 Å². The molecule has 1 aliphatic carbocycles. The van der Waals surface area contributed by atoms with Gasteiger partial charge in [0.25, 0.3) is 0 Å². The Kier molecular flexibility index (Phi) is 6.17. The van der Waals surface area contributed by atoms with Gasteiger partial charge in [0.1, 0.15) is 11.6 Å². The summed E-state index contributed by atoms with van der Waals surface area (Å²) in [6.07, 6.45) is 0.847. The number of nitrogens with one attached hydrogen (secondary N) is 1. The summed E-state index contributed by atoms with van der Waals surface area (Å²) in [7, 11) is 0. The van der Waals surface area contributed by atoms with E-state index in [0.717, 1.165) is 18.2 Å². The third-order valence-electron chi connectivity index (χ3n) is 5.16. The second kappa shape index (κ2) is 8.34. The van der Waals surface area contributed by atoms with Crippen molar-refractivity contribution in [1.82, 2.24) is 4.98 Å². The van der Waals surface area contributed by atoms with Crippen molar-refractivity contribution >= 4 is 11.6 Å². The van der Waals surface area contributed by atoms with Crippen molar-refractivity contribution in [1.29, 1.82) is 0 Å². The van der Waals surface area contributed by atoms with Crippen molar-refractivity contribution in [3.05, 3.63) is 47.8 Å². The maximum Gasteiger partial charge on any atom is 0.248 e. The van der Waals surface area contributed by atoms with Gasteiger partial charge in [-0.05, 0) is 51.0 Å². The van der Waals surface area contributed by atoms with Crippen LogP contribution in [-0.4, -0.2) is 27.5 Å². The molecule has 0 radical (unpaired) electrons. The van der Waals surface area contributed by atoms with E-state index in [-0.39, 0.29) is 54.8 Å². The minimum absolute atomic E-state index is 0.0710. The van der Waals surface area contributed by atoms with Crippen molar-refractivity contribution in [3.8, 4) is 11.1 Å². The van der Waals surface area contributed by atoms with Crippen molar-refractivity contribution in [2.24, 2.45) is 0 Å². The minimum Gasteiger partial charge on any atom is -0.390 e. The fraction of sp³-hybridized carbons (Fsp3) is 0.455. The van der Waals surface area contributed by atoms with Gasteiger partial charge >= 0.3 is 0 Å². The van der Waals surface area contributed by atoms with Crippen LogP contribution in [0.15, 0.2) is 30.5 Å². The van der Waals surface area contributed by atoms with Crippen LogP contribution in [0.4, 0.5) is 23.2 Å². The predicted octanol–water partition coefficient (Wildman–Crippen LogP) is 5.42. The standard InChI is InChI=1S/C22H24F4N2O2/c1-21(2,30)12-18(29)28-20-15(16-11-14(23)3-4-17(16)24)7-10-27-19(20)13-5-8-22(25,26)9-6-13/h3-4,7,10-11,13,30H,5-6,8-9,12H2,1-2H3,(H,28,29). The number of benzene rings is 1. The third-order valence-corrected chi connectivity index (χ3v) is 5.16. The molecule has 0 aliphatic heterocycles. The van der Waals surface area contributed by atoms with Gasteiger partial charge in [0.15, 0.2) is 0 Å². The molecule has 1 amide bonds. The van der Waals surface area contributed by atoms with Crippen molar-refractivity contribution in [3.63, 3.8) is 0 Å². The Morgan fingerprint density at radius 2 is 1.87 bits per heavy atom. The number of hydrogen-bond acceptors (Lipinski definition) is 3. The maximum absolute atomic E-state index is 14.5. The molecule has 0 unspecified atom stereocenters. The summed E-state index contributed by atoms with van der Waals surface area (Å²) in [6.45, 7) is 2.93. The summed E-state index contributed by atoms with van der Waals surface area (Å²) >= 11 is 0. The van der Waals surface area contributed by atoms with E-state index in [4.69, 9.17) is 0 Å². The molecular formula is C22H24F4N2O2. The molecule has 2 N–H and O–H groups in total. The van der Waals surface area contributed by atoms with Crippen LogP contribution in [0, 0.1) is 11.6 Å². The molecule has 0 bridgehead atoms. The van der Waals surface area contributed by atoms with E-state index in [1.165, 1.54) is 26.1 Å². The fourth-order valence-corrected chi connectivity index (χ4v) is 3.74. The monoisotopic (exact) mass is 424 g/mol. The van der Waals surface area contributed by atoms with Gasteiger partial charge < -0.3 is 10.4 Å². The van der Waals surface area contributed by atoms with Gasteiger partial charge in [-0.1, -0.05) is 0 Å². The highest BCUT2D eigenvalue weighted by Crippen LogP contribution is 2.44. The molecule has 0 saturated heterocycles. The number of hydrogen-bond donors (Lipinski definition) is 2. The first-order valence-corrected chi connectivity index (χ1v) is 9.79. The first-order chi connectivity index (χ1) is 14.0. The Morgan fingerprint density at radius 3 is 2.50 bits per heavy atom. The fourth-order valence-electron chi connectivity index (χ4n) is 3.74. The summed E-state index contributed by atoms with van der Waals surface area (Å²) < 4.78 is 55.5. The highest BCUT2D eigenvalue weighted by Gasteiger charge is 2.37. The van der Waals surface area contributed by atoms with Gasteiger partial charge in [0.2, 0.25) is 11.8 Å². The first kappa shape index (κ1) is 22.2. The van der Waals surface area contributed by atoms with E-state index in [1.807, 2.05) is 0 Å². The second-order valence-corrected chi connectivity index (χ2v) is 8.41. The largest absolute Gasteiger partial charge is 0.390 e. The molecule has 1 saturated carbocycles. The molecule has 0 atom stereocenters. The van der Waals surface area contributed by atoms with Gasteiger partial charge in [0.05, 0.1) is 23.4 Å². The molecule has 162 valence electrons. The SMILES string of the molecule is CC(C)(O)CC(=O)Nc1c(-c2cc(F)ccc2F)ccnc1C1CCC(F)(F)CC1. The van der Waals surface area contributed by atoms with Crippen LogP contribution in [0.5, 0.6) is 0 Å². The van der Waals surface area contributed by atoms with Gasteiger partial charge in [-0.15, -0.1) is 0 Å². The number of anilines is 1. The van der Waals surface area contributed by atoms with E-state index < -0.39 is 29.1 Å². The van der Waals surface area contributed by atoms with Gasteiger partial charge in [0, 0.05) is 36.1 Å². The number of carbonyl (C=O) groups is 1. The van der Waals surface area contributed by atoms with E-state index in [9.17, 15) is 27.5 Å². The van der Waals surface area contributed by atoms with Crippen LogP contribution in [0.25, 0.3) is 11.1 Å². The quantitative estimate of drug-likeness (QED) is 0.630. The molecule has 2 aromatic rings. The second-order valence-electron chi connectivity index (χ2n) is 8.41. The smallest absolute Gasteiger partial charge is 0.248 e. The van der Waals surface area contributed by atoms with Crippen molar-refractivity contribution < 1.29 is 27.5 Å². The van der Waals surface area contributed by atoms with Crippen molar-refractivity contribution in [2.45, 2.75) is 63.4 Å². The molecule has 1 aliphatic rings. The van der Waals surface area contributed by atoms with Crippen molar-refractivity contribution in [2.75, 3.05) is 5.32 Å². The molecule has 3 rings (SSSR count). The lowest BCUT2D eigenvalue weighted by Gasteiger charge is -2.29. The number of halogens is 4. The molecule has 8 heteroatoms. The predicted molar refractivity (Wildman–Crippen MR) is 105 cm³/mol. The number of rotatable bonds is 5. The summed E-state index contributed by atoms with van der Waals surface area (Å²) in [5.41, 5.74) is -0.636. The highest BCUT2D eigenvalue weighted by atomic mass is 19.3. The van der Waals surface area contributed by atoms with E-state index >= 15 is 0 Å². The Balaban J connectivity index is 2.06.